The molecule has 1 aliphatic heterocycles. The number of hydrogen-bond donors (Lipinski definition) is 1. The molecule has 70 valence electrons. The Morgan fingerprint density at radius 3 is 3.15 bits per heavy atom. The van der Waals surface area contributed by atoms with Crippen LogP contribution in [0.1, 0.15) is 31.5 Å². The van der Waals surface area contributed by atoms with Crippen molar-refractivity contribution in [2.45, 2.75) is 32.4 Å². The first kappa shape index (κ1) is 8.29. The van der Waals surface area contributed by atoms with Gasteiger partial charge >= 0.3 is 0 Å². The van der Waals surface area contributed by atoms with E-state index in [1.54, 1.807) is 0 Å². The van der Waals surface area contributed by atoms with Crippen molar-refractivity contribution in [3.8, 4) is 0 Å². The van der Waals surface area contributed by atoms with E-state index in [0.29, 0.717) is 6.42 Å². The quantitative estimate of drug-likeness (QED) is 0.699. The van der Waals surface area contributed by atoms with Crippen LogP contribution in [0.15, 0.2) is 12.5 Å². The molecule has 4 nitrogen and oxygen atoms in total. The van der Waals surface area contributed by atoms with E-state index in [4.69, 9.17) is 0 Å². The maximum absolute atomic E-state index is 10.7. The molecule has 1 aromatic rings. The van der Waals surface area contributed by atoms with E-state index < -0.39 is 0 Å². The van der Waals surface area contributed by atoms with Gasteiger partial charge in [0.1, 0.15) is 0 Å². The summed E-state index contributed by atoms with van der Waals surface area (Å²) in [5.41, 5.74) is 1.13. The third-order valence-corrected chi connectivity index (χ3v) is 2.29. The van der Waals surface area contributed by atoms with Gasteiger partial charge in [-0.25, -0.2) is 4.98 Å². The summed E-state index contributed by atoms with van der Waals surface area (Å²) in [5, 5.41) is 2.84. The van der Waals surface area contributed by atoms with E-state index in [1.807, 2.05) is 12.5 Å². The number of aryl methyl sites for hydroxylation is 1. The number of carbonyl (C=O) groups is 1. The Kier molecular flexibility index (Phi) is 2.04. The topological polar surface area (TPSA) is 46.9 Å². The number of rotatable bonds is 3. The lowest BCUT2D eigenvalue weighted by Gasteiger charge is -2.27. The van der Waals surface area contributed by atoms with E-state index in [-0.39, 0.29) is 11.9 Å². The van der Waals surface area contributed by atoms with Gasteiger partial charge in [-0.15, -0.1) is 0 Å². The van der Waals surface area contributed by atoms with Crippen molar-refractivity contribution in [1.82, 2.24) is 14.9 Å². The highest BCUT2D eigenvalue weighted by Crippen LogP contribution is 2.23. The van der Waals surface area contributed by atoms with E-state index >= 15 is 0 Å². The number of imidazole rings is 1. The van der Waals surface area contributed by atoms with Crippen LogP contribution < -0.4 is 5.32 Å². The molecule has 1 atom stereocenters. The molecule has 1 fully saturated rings. The summed E-state index contributed by atoms with van der Waals surface area (Å²) in [4.78, 5) is 14.8. The Morgan fingerprint density at radius 1 is 1.77 bits per heavy atom. The van der Waals surface area contributed by atoms with Crippen molar-refractivity contribution < 1.29 is 4.79 Å². The second kappa shape index (κ2) is 3.20. The number of amides is 1. The fourth-order valence-electron chi connectivity index (χ4n) is 1.59. The van der Waals surface area contributed by atoms with Gasteiger partial charge in [-0.3, -0.25) is 4.79 Å². The minimum atomic E-state index is 0.134. The number of aromatic nitrogens is 2. The van der Waals surface area contributed by atoms with Crippen molar-refractivity contribution >= 4 is 5.91 Å². The van der Waals surface area contributed by atoms with Crippen molar-refractivity contribution in [3.05, 3.63) is 18.2 Å². The number of nitrogens with one attached hydrogen (secondary N) is 1. The summed E-state index contributed by atoms with van der Waals surface area (Å²) in [6.45, 7) is 3.10. The van der Waals surface area contributed by atoms with Crippen LogP contribution in [0.25, 0.3) is 0 Å². The summed E-state index contributed by atoms with van der Waals surface area (Å²) >= 11 is 0. The highest BCUT2D eigenvalue weighted by Gasteiger charge is 2.28. The summed E-state index contributed by atoms with van der Waals surface area (Å²) in [7, 11) is 0. The van der Waals surface area contributed by atoms with Crippen LogP contribution in [0.5, 0.6) is 0 Å². The average Bonchev–Trinajstić information content (AvgIpc) is 2.48. The predicted molar refractivity (Wildman–Crippen MR) is 48.0 cm³/mol. The number of nitrogens with zero attached hydrogens (tertiary/aromatic N) is 2. The number of carbonyl (C=O) groups excluding carboxylic acids is 1. The monoisotopic (exact) mass is 179 g/mol. The summed E-state index contributed by atoms with van der Waals surface area (Å²) < 4.78 is 2.10. The normalized spacial score (nSPS) is 21.0. The van der Waals surface area contributed by atoms with Crippen LogP contribution in [0.2, 0.25) is 0 Å². The van der Waals surface area contributed by atoms with Crippen LogP contribution in [0, 0.1) is 0 Å². The molecule has 0 aromatic carbocycles. The van der Waals surface area contributed by atoms with E-state index in [1.165, 1.54) is 0 Å². The Bertz CT molecular complexity index is 310. The molecule has 1 N–H and O–H groups in total. The van der Waals surface area contributed by atoms with Crippen LogP contribution in [-0.4, -0.2) is 15.5 Å². The van der Waals surface area contributed by atoms with Gasteiger partial charge in [-0.1, -0.05) is 6.92 Å². The predicted octanol–water partition coefficient (Wildman–Crippen LogP) is 0.854. The van der Waals surface area contributed by atoms with Gasteiger partial charge in [0.2, 0.25) is 5.91 Å². The second-order valence-corrected chi connectivity index (χ2v) is 3.34. The molecule has 13 heavy (non-hydrogen) atoms. The zero-order chi connectivity index (χ0) is 9.26. The molecule has 1 aromatic heterocycles. The van der Waals surface area contributed by atoms with Crippen LogP contribution in [0.4, 0.5) is 0 Å². The third kappa shape index (κ3) is 1.43. The Hall–Kier alpha value is -1.32. The van der Waals surface area contributed by atoms with Gasteiger partial charge in [-0.05, 0) is 6.42 Å². The molecule has 2 heterocycles. The van der Waals surface area contributed by atoms with Gasteiger partial charge in [-0.2, -0.15) is 0 Å². The molecule has 0 spiro atoms. The minimum absolute atomic E-state index is 0.134. The molecule has 0 aliphatic carbocycles. The van der Waals surface area contributed by atoms with Crippen molar-refractivity contribution in [2.75, 3.05) is 0 Å². The minimum Gasteiger partial charge on any atom is -0.347 e. The van der Waals surface area contributed by atoms with Gasteiger partial charge in [0.15, 0.2) is 0 Å². The highest BCUT2D eigenvalue weighted by molar-refractivity contribution is 5.83. The third-order valence-electron chi connectivity index (χ3n) is 2.29. The second-order valence-electron chi connectivity index (χ2n) is 3.34. The fraction of sp³-hybridized carbons (Fsp3) is 0.556. The summed E-state index contributed by atoms with van der Waals surface area (Å²) in [5.74, 6) is 0.134. The molecular weight excluding hydrogens is 166 g/mol. The van der Waals surface area contributed by atoms with Crippen LogP contribution in [0.3, 0.4) is 0 Å². The first-order valence-electron chi connectivity index (χ1n) is 4.60. The molecule has 0 bridgehead atoms. The largest absolute Gasteiger partial charge is 0.347 e. The van der Waals surface area contributed by atoms with E-state index in [2.05, 4.69) is 21.8 Å². The fourth-order valence-corrected chi connectivity index (χ4v) is 1.59. The SMILES string of the molecule is CCCn1cncc1C1CC(=O)N1. The smallest absolute Gasteiger partial charge is 0.223 e. The number of β-lactam (4-membered cyclic amide) rings is 1. The average molecular weight is 179 g/mol. The molecule has 4 heteroatoms. The standard InChI is InChI=1S/C9H13N3O/c1-2-3-12-6-10-5-8(12)7-4-9(13)11-7/h5-7H,2-4H2,1H3,(H,11,13). The molecule has 1 saturated heterocycles. The Balaban J connectivity index is 2.10. The Labute approximate surface area is 77.0 Å². The Morgan fingerprint density at radius 2 is 2.54 bits per heavy atom. The van der Waals surface area contributed by atoms with Crippen LogP contribution >= 0.6 is 0 Å². The summed E-state index contributed by atoms with van der Waals surface area (Å²) in [6.07, 6.45) is 5.35. The molecule has 1 unspecified atom stereocenters. The summed E-state index contributed by atoms with van der Waals surface area (Å²) in [6, 6.07) is 0.196. The molecule has 0 radical (unpaired) electrons. The van der Waals surface area contributed by atoms with Crippen molar-refractivity contribution in [2.24, 2.45) is 0 Å². The lowest BCUT2D eigenvalue weighted by molar-refractivity contribution is -0.128. The van der Waals surface area contributed by atoms with Gasteiger partial charge in [0.25, 0.3) is 0 Å². The van der Waals surface area contributed by atoms with Gasteiger partial charge < -0.3 is 9.88 Å². The first-order valence-corrected chi connectivity index (χ1v) is 4.60. The molecule has 1 amide bonds. The van der Waals surface area contributed by atoms with E-state index in [0.717, 1.165) is 18.7 Å². The lowest BCUT2D eigenvalue weighted by Crippen LogP contribution is -2.42. The first-order chi connectivity index (χ1) is 6.31. The molecule has 2 rings (SSSR count). The van der Waals surface area contributed by atoms with Gasteiger partial charge in [0.05, 0.1) is 30.7 Å². The maximum Gasteiger partial charge on any atom is 0.223 e. The van der Waals surface area contributed by atoms with Gasteiger partial charge in [0, 0.05) is 6.54 Å². The molecular formula is C9H13N3O. The molecule has 0 saturated carbocycles. The number of hydrogen-bond acceptors (Lipinski definition) is 2. The van der Waals surface area contributed by atoms with Crippen molar-refractivity contribution in [1.29, 1.82) is 0 Å². The molecule has 1 aliphatic rings. The van der Waals surface area contributed by atoms with Crippen LogP contribution in [-0.2, 0) is 11.3 Å². The lowest BCUT2D eigenvalue weighted by atomic mass is 10.0. The zero-order valence-corrected chi connectivity index (χ0v) is 7.66. The zero-order valence-electron chi connectivity index (χ0n) is 7.66. The van der Waals surface area contributed by atoms with E-state index in [9.17, 15) is 4.79 Å². The highest BCUT2D eigenvalue weighted by atomic mass is 16.2. The van der Waals surface area contributed by atoms with Crippen molar-refractivity contribution in [3.63, 3.8) is 0 Å². The maximum atomic E-state index is 10.7.